The number of rotatable bonds is 5. The van der Waals surface area contributed by atoms with Crippen LogP contribution in [0.5, 0.6) is 5.75 Å². The molecule has 3 aromatic heterocycles. The van der Waals surface area contributed by atoms with Crippen molar-refractivity contribution in [3.05, 3.63) is 48.5 Å². The third-order valence-electron chi connectivity index (χ3n) is 4.20. The fraction of sp³-hybridized carbons (Fsp3) is 0.211. The van der Waals surface area contributed by atoms with Crippen LogP contribution >= 0.6 is 0 Å². The van der Waals surface area contributed by atoms with Crippen LogP contribution in [0.3, 0.4) is 0 Å². The molecule has 0 aliphatic rings. The summed E-state index contributed by atoms with van der Waals surface area (Å²) in [6.45, 7) is 0.530. The number of fused-ring (bicyclic) bond motifs is 1. The molecule has 8 nitrogen and oxygen atoms in total. The van der Waals surface area contributed by atoms with Crippen LogP contribution < -0.4 is 10.1 Å². The molecule has 0 aliphatic heterocycles. The molecule has 154 valence electrons. The normalized spacial score (nSPS) is 11.6. The van der Waals surface area contributed by atoms with Gasteiger partial charge in [0.2, 0.25) is 0 Å². The van der Waals surface area contributed by atoms with Crippen LogP contribution in [-0.4, -0.2) is 43.0 Å². The topological polar surface area (TPSA) is 90.6 Å². The van der Waals surface area contributed by atoms with Crippen molar-refractivity contribution in [2.75, 3.05) is 12.4 Å². The Morgan fingerprint density at radius 3 is 2.63 bits per heavy atom. The molecule has 11 heteroatoms. The Morgan fingerprint density at radius 1 is 1.10 bits per heavy atom. The summed E-state index contributed by atoms with van der Waals surface area (Å²) in [5, 5.41) is 7.68. The number of aryl methyl sites for hydroxylation is 1. The van der Waals surface area contributed by atoms with Crippen molar-refractivity contribution in [1.29, 1.82) is 0 Å². The maximum Gasteiger partial charge on any atom is 0.408 e. The first kappa shape index (κ1) is 19.6. The number of hydrogen-bond acceptors (Lipinski definition) is 7. The lowest BCUT2D eigenvalue weighted by molar-refractivity contribution is -0.141. The van der Waals surface area contributed by atoms with Gasteiger partial charge in [0, 0.05) is 11.6 Å². The molecule has 0 saturated carbocycles. The Morgan fingerprint density at radius 2 is 1.90 bits per heavy atom. The van der Waals surface area contributed by atoms with E-state index in [4.69, 9.17) is 4.74 Å². The number of benzene rings is 1. The second-order valence-electron chi connectivity index (χ2n) is 6.36. The van der Waals surface area contributed by atoms with Crippen molar-refractivity contribution in [3.8, 4) is 17.3 Å². The standard InChI is InChI=1S/C19H16F3N7O/c1-11-23-8-7-15(25-11)26-17-14(30-2)9-24-18(27-17)16-12-5-3-4-6-13(12)29(28-16)10-19(20,21)22/h3-9H,10H2,1-2H3,(H,23,24,25,26,27). The molecule has 0 saturated heterocycles. The number of halogens is 3. The number of hydrogen-bond donors (Lipinski definition) is 1. The van der Waals surface area contributed by atoms with Crippen LogP contribution in [0.4, 0.5) is 24.8 Å². The lowest BCUT2D eigenvalue weighted by Gasteiger charge is -2.10. The van der Waals surface area contributed by atoms with Gasteiger partial charge in [-0.3, -0.25) is 4.68 Å². The lowest BCUT2D eigenvalue weighted by atomic mass is 10.2. The largest absolute Gasteiger partial charge is 0.491 e. The van der Waals surface area contributed by atoms with Crippen molar-refractivity contribution in [1.82, 2.24) is 29.7 Å². The maximum atomic E-state index is 13.0. The number of anilines is 2. The molecule has 0 radical (unpaired) electrons. The van der Waals surface area contributed by atoms with Gasteiger partial charge in [0.1, 0.15) is 23.9 Å². The van der Waals surface area contributed by atoms with Gasteiger partial charge in [0.05, 0.1) is 18.8 Å². The predicted molar refractivity (Wildman–Crippen MR) is 103 cm³/mol. The van der Waals surface area contributed by atoms with Gasteiger partial charge in [-0.2, -0.15) is 18.3 Å². The van der Waals surface area contributed by atoms with Crippen molar-refractivity contribution in [3.63, 3.8) is 0 Å². The first-order valence-electron chi connectivity index (χ1n) is 8.84. The number of para-hydroxylation sites is 1. The molecule has 30 heavy (non-hydrogen) atoms. The summed E-state index contributed by atoms with van der Waals surface area (Å²) in [7, 11) is 1.46. The zero-order valence-electron chi connectivity index (χ0n) is 16.0. The smallest absolute Gasteiger partial charge is 0.408 e. The predicted octanol–water partition coefficient (Wildman–Crippen LogP) is 3.91. The molecule has 0 atom stereocenters. The minimum absolute atomic E-state index is 0.154. The molecule has 3 heterocycles. The van der Waals surface area contributed by atoms with Crippen molar-refractivity contribution in [2.45, 2.75) is 19.6 Å². The van der Waals surface area contributed by atoms with Gasteiger partial charge in [0.15, 0.2) is 17.4 Å². The van der Waals surface area contributed by atoms with Crippen molar-refractivity contribution in [2.24, 2.45) is 0 Å². The van der Waals surface area contributed by atoms with E-state index in [1.165, 1.54) is 13.3 Å². The second-order valence-corrected chi connectivity index (χ2v) is 6.36. The molecule has 1 aromatic carbocycles. The maximum absolute atomic E-state index is 13.0. The van der Waals surface area contributed by atoms with Gasteiger partial charge in [0.25, 0.3) is 0 Å². The van der Waals surface area contributed by atoms with E-state index in [-0.39, 0.29) is 11.5 Å². The van der Waals surface area contributed by atoms with Crippen LogP contribution in [-0.2, 0) is 6.54 Å². The first-order valence-corrected chi connectivity index (χ1v) is 8.84. The van der Waals surface area contributed by atoms with Crippen LogP contribution in [0.1, 0.15) is 5.82 Å². The fourth-order valence-electron chi connectivity index (χ4n) is 2.95. The number of ether oxygens (including phenoxy) is 1. The average Bonchev–Trinajstić information content (AvgIpc) is 3.05. The fourth-order valence-corrected chi connectivity index (χ4v) is 2.95. The third-order valence-corrected chi connectivity index (χ3v) is 4.20. The van der Waals surface area contributed by atoms with E-state index in [0.29, 0.717) is 34.1 Å². The van der Waals surface area contributed by atoms with Gasteiger partial charge in [-0.1, -0.05) is 18.2 Å². The molecule has 0 aliphatic carbocycles. The molecule has 0 spiro atoms. The number of aromatic nitrogens is 6. The summed E-state index contributed by atoms with van der Waals surface area (Å²) < 4.78 is 45.2. The van der Waals surface area contributed by atoms with Crippen LogP contribution in [0.25, 0.3) is 22.4 Å². The van der Waals surface area contributed by atoms with E-state index < -0.39 is 12.7 Å². The summed E-state index contributed by atoms with van der Waals surface area (Å²) in [4.78, 5) is 17.0. The molecule has 4 aromatic rings. The molecular weight excluding hydrogens is 399 g/mol. The van der Waals surface area contributed by atoms with E-state index >= 15 is 0 Å². The molecule has 4 rings (SSSR count). The average molecular weight is 415 g/mol. The van der Waals surface area contributed by atoms with Gasteiger partial charge in [-0.25, -0.2) is 19.9 Å². The number of nitrogens with zero attached hydrogens (tertiary/aromatic N) is 6. The monoisotopic (exact) mass is 415 g/mol. The second kappa shape index (κ2) is 7.58. The highest BCUT2D eigenvalue weighted by Crippen LogP contribution is 2.31. The van der Waals surface area contributed by atoms with E-state index in [2.05, 4.69) is 30.4 Å². The molecule has 0 unspecified atom stereocenters. The molecule has 0 amide bonds. The summed E-state index contributed by atoms with van der Waals surface area (Å²) in [6.07, 6.45) is -1.40. The Bertz CT molecular complexity index is 1210. The SMILES string of the molecule is COc1cnc(-c2nn(CC(F)(F)F)c3ccccc23)nc1Nc1ccnc(C)n1. The Hall–Kier alpha value is -3.76. The van der Waals surface area contributed by atoms with E-state index in [0.717, 1.165) is 4.68 Å². The van der Waals surface area contributed by atoms with Gasteiger partial charge < -0.3 is 10.1 Å². The highest BCUT2D eigenvalue weighted by molar-refractivity contribution is 5.91. The molecule has 0 bridgehead atoms. The number of nitrogens with one attached hydrogen (secondary N) is 1. The van der Waals surface area contributed by atoms with Gasteiger partial charge in [-0.15, -0.1) is 0 Å². The summed E-state index contributed by atoms with van der Waals surface area (Å²) in [5.74, 6) is 1.84. The first-order chi connectivity index (χ1) is 14.3. The van der Waals surface area contributed by atoms with E-state index in [9.17, 15) is 13.2 Å². The van der Waals surface area contributed by atoms with Crippen LogP contribution in [0, 0.1) is 6.92 Å². The molecular formula is C19H16F3N7O. The Kier molecular flexibility index (Phi) is 4.94. The van der Waals surface area contributed by atoms with Gasteiger partial charge >= 0.3 is 6.18 Å². The van der Waals surface area contributed by atoms with E-state index in [1.54, 1.807) is 43.5 Å². The minimum Gasteiger partial charge on any atom is -0.491 e. The summed E-state index contributed by atoms with van der Waals surface area (Å²) in [5.41, 5.74) is 0.574. The highest BCUT2D eigenvalue weighted by atomic mass is 19.4. The highest BCUT2D eigenvalue weighted by Gasteiger charge is 2.30. The van der Waals surface area contributed by atoms with Crippen LogP contribution in [0.15, 0.2) is 42.7 Å². The zero-order valence-corrected chi connectivity index (χ0v) is 16.0. The van der Waals surface area contributed by atoms with Crippen molar-refractivity contribution < 1.29 is 17.9 Å². The van der Waals surface area contributed by atoms with Crippen LogP contribution in [0.2, 0.25) is 0 Å². The Balaban J connectivity index is 1.80. The number of methoxy groups -OCH3 is 1. The third kappa shape index (κ3) is 4.00. The minimum atomic E-state index is -4.41. The van der Waals surface area contributed by atoms with Crippen molar-refractivity contribution >= 4 is 22.5 Å². The summed E-state index contributed by atoms with van der Waals surface area (Å²) >= 11 is 0. The lowest BCUT2D eigenvalue weighted by Crippen LogP contribution is -2.18. The van der Waals surface area contributed by atoms with Gasteiger partial charge in [-0.05, 0) is 19.1 Å². The molecule has 1 N–H and O–H groups in total. The molecule has 0 fully saturated rings. The zero-order chi connectivity index (χ0) is 21.3. The van der Waals surface area contributed by atoms with E-state index in [1.807, 2.05) is 0 Å². The quantitative estimate of drug-likeness (QED) is 0.529. The number of alkyl halides is 3. The Labute approximate surface area is 168 Å². The summed E-state index contributed by atoms with van der Waals surface area (Å²) in [6, 6.07) is 8.28.